The number of alkyl halides is 1. The molecular weight excluding hydrogens is 343 g/mol. The lowest BCUT2D eigenvalue weighted by atomic mass is 9.44. The molecule has 0 heterocycles. The fourth-order valence-corrected chi connectivity index (χ4v) is 7.76. The van der Waals surface area contributed by atoms with Crippen LogP contribution in [-0.4, -0.2) is 30.0 Å². The first kappa shape index (κ1) is 19.4. The van der Waals surface area contributed by atoms with E-state index in [2.05, 4.69) is 13.8 Å². The van der Waals surface area contributed by atoms with Crippen LogP contribution in [0.15, 0.2) is 12.2 Å². The van der Waals surface area contributed by atoms with Crippen LogP contribution in [0.1, 0.15) is 71.6 Å². The van der Waals surface area contributed by atoms with Crippen LogP contribution in [-0.2, 0) is 9.53 Å². The highest BCUT2D eigenvalue weighted by atomic mass is 19.1. The molecule has 0 unspecified atom stereocenters. The van der Waals surface area contributed by atoms with E-state index in [0.717, 1.165) is 51.4 Å². The van der Waals surface area contributed by atoms with Gasteiger partial charge in [-0.1, -0.05) is 19.9 Å². The lowest BCUT2D eigenvalue weighted by molar-refractivity contribution is -0.174. The molecular formula is C23H35FO3. The Morgan fingerprint density at radius 1 is 1.07 bits per heavy atom. The summed E-state index contributed by atoms with van der Waals surface area (Å²) in [6.45, 7) is 4.51. The van der Waals surface area contributed by atoms with Gasteiger partial charge in [0.1, 0.15) is 5.67 Å². The summed E-state index contributed by atoms with van der Waals surface area (Å²) in [4.78, 5) is 11.5. The highest BCUT2D eigenvalue weighted by Crippen LogP contribution is 2.70. The largest absolute Gasteiger partial charge is 0.466 e. The summed E-state index contributed by atoms with van der Waals surface area (Å²) in [5.74, 6) is 0.875. The van der Waals surface area contributed by atoms with Crippen LogP contribution in [0.4, 0.5) is 4.39 Å². The molecule has 0 aromatic heterocycles. The minimum absolute atomic E-state index is 0.112. The first-order valence-corrected chi connectivity index (χ1v) is 10.9. The second-order valence-electron chi connectivity index (χ2n) is 10.3. The van der Waals surface area contributed by atoms with Crippen molar-refractivity contribution in [2.75, 3.05) is 7.11 Å². The third-order valence-electron chi connectivity index (χ3n) is 9.48. The lowest BCUT2D eigenvalue weighted by Crippen LogP contribution is -2.60. The van der Waals surface area contributed by atoms with Gasteiger partial charge in [-0.2, -0.15) is 0 Å². The monoisotopic (exact) mass is 378 g/mol. The number of aliphatic hydroxyl groups excluding tert-OH is 1. The maximum atomic E-state index is 16.7. The smallest absolute Gasteiger partial charge is 0.330 e. The number of fused-ring (bicyclic) bond motifs is 5. The van der Waals surface area contributed by atoms with Crippen LogP contribution in [0.2, 0.25) is 0 Å². The molecule has 0 saturated heterocycles. The van der Waals surface area contributed by atoms with E-state index in [9.17, 15) is 9.90 Å². The van der Waals surface area contributed by atoms with Crippen LogP contribution in [0, 0.1) is 34.5 Å². The second kappa shape index (κ2) is 6.57. The standard InChI is InChI=1S/C23H35FO3/c1-21-11-9-17(25)14-16(21)4-6-19-18(21)10-12-22(2)15(5-7-20(26)27-3)8-13-23(19,22)24/h5,7,15-19,25H,4,6,8-14H2,1-3H3/b7-5+/t15-,16+,17-,18-,19+,21-,22+,23-/m0/s1. The average molecular weight is 379 g/mol. The van der Waals surface area contributed by atoms with Gasteiger partial charge in [0.25, 0.3) is 0 Å². The highest BCUT2D eigenvalue weighted by molar-refractivity contribution is 5.81. The van der Waals surface area contributed by atoms with E-state index >= 15 is 4.39 Å². The van der Waals surface area contributed by atoms with E-state index in [4.69, 9.17) is 4.74 Å². The molecule has 4 heteroatoms. The molecule has 0 radical (unpaired) electrons. The molecule has 0 bridgehead atoms. The minimum atomic E-state index is -1.13. The molecule has 4 aliphatic carbocycles. The Morgan fingerprint density at radius 2 is 1.85 bits per heavy atom. The van der Waals surface area contributed by atoms with Gasteiger partial charge in [-0.3, -0.25) is 0 Å². The SMILES string of the molecule is COC(=O)/C=C/[C@H]1CC[C@]2(F)[C@@H]3CC[C@@H]4C[C@@H](O)CC[C@]4(C)[C@H]3CC[C@]12C. The Labute approximate surface area is 162 Å². The molecule has 8 atom stereocenters. The molecule has 4 saturated carbocycles. The number of methoxy groups -OCH3 is 1. The molecule has 4 aliphatic rings. The molecule has 0 amide bonds. The molecule has 152 valence electrons. The predicted molar refractivity (Wildman–Crippen MR) is 103 cm³/mol. The van der Waals surface area contributed by atoms with Gasteiger partial charge in [-0.15, -0.1) is 0 Å². The molecule has 0 aliphatic heterocycles. The summed E-state index contributed by atoms with van der Waals surface area (Å²) in [5.41, 5.74) is -1.33. The van der Waals surface area contributed by atoms with Crippen LogP contribution in [0.25, 0.3) is 0 Å². The van der Waals surface area contributed by atoms with Crippen molar-refractivity contribution in [2.24, 2.45) is 34.5 Å². The normalized spacial score (nSPS) is 52.1. The number of hydrogen-bond donors (Lipinski definition) is 1. The Bertz CT molecular complexity index is 633. The van der Waals surface area contributed by atoms with Crippen LogP contribution in [0.3, 0.4) is 0 Å². The van der Waals surface area contributed by atoms with E-state index in [1.807, 2.05) is 6.08 Å². The van der Waals surface area contributed by atoms with Crippen molar-refractivity contribution in [3.63, 3.8) is 0 Å². The van der Waals surface area contributed by atoms with Crippen LogP contribution < -0.4 is 0 Å². The van der Waals surface area contributed by atoms with Crippen molar-refractivity contribution in [1.29, 1.82) is 0 Å². The van der Waals surface area contributed by atoms with E-state index < -0.39 is 5.67 Å². The van der Waals surface area contributed by atoms with Gasteiger partial charge in [0.2, 0.25) is 0 Å². The molecule has 0 spiro atoms. The van der Waals surface area contributed by atoms with Crippen molar-refractivity contribution in [3.8, 4) is 0 Å². The summed E-state index contributed by atoms with van der Waals surface area (Å²) >= 11 is 0. The molecule has 1 N–H and O–H groups in total. The van der Waals surface area contributed by atoms with Gasteiger partial charge in [0.15, 0.2) is 0 Å². The predicted octanol–water partition coefficient (Wildman–Crippen LogP) is 4.83. The maximum Gasteiger partial charge on any atom is 0.330 e. The summed E-state index contributed by atoms with van der Waals surface area (Å²) in [7, 11) is 1.38. The first-order chi connectivity index (χ1) is 12.7. The average Bonchev–Trinajstić information content (AvgIpc) is 2.91. The number of esters is 1. The fourth-order valence-electron chi connectivity index (χ4n) is 7.76. The van der Waals surface area contributed by atoms with Crippen molar-refractivity contribution in [3.05, 3.63) is 12.2 Å². The van der Waals surface area contributed by atoms with E-state index in [1.165, 1.54) is 13.2 Å². The van der Waals surface area contributed by atoms with E-state index in [1.54, 1.807) is 0 Å². The maximum absolute atomic E-state index is 16.7. The van der Waals surface area contributed by atoms with E-state index in [-0.39, 0.29) is 34.7 Å². The zero-order valence-corrected chi connectivity index (χ0v) is 17.0. The van der Waals surface area contributed by atoms with Crippen molar-refractivity contribution in [2.45, 2.75) is 83.4 Å². The number of carbonyl (C=O) groups excluding carboxylic acids is 1. The van der Waals surface area contributed by atoms with Crippen molar-refractivity contribution in [1.82, 2.24) is 0 Å². The Hall–Kier alpha value is -0.900. The Morgan fingerprint density at radius 3 is 2.59 bits per heavy atom. The molecule has 4 fully saturated rings. The molecule has 27 heavy (non-hydrogen) atoms. The lowest BCUT2D eigenvalue weighted by Gasteiger charge is -2.62. The highest BCUT2D eigenvalue weighted by Gasteiger charge is 2.67. The van der Waals surface area contributed by atoms with Gasteiger partial charge >= 0.3 is 5.97 Å². The van der Waals surface area contributed by atoms with Crippen LogP contribution in [0.5, 0.6) is 0 Å². The van der Waals surface area contributed by atoms with Crippen LogP contribution >= 0.6 is 0 Å². The van der Waals surface area contributed by atoms with Gasteiger partial charge in [-0.05, 0) is 86.9 Å². The summed E-state index contributed by atoms with van der Waals surface area (Å²) in [5, 5.41) is 10.1. The summed E-state index contributed by atoms with van der Waals surface area (Å²) in [6.07, 6.45) is 11.5. The Balaban J connectivity index is 1.60. The zero-order valence-electron chi connectivity index (χ0n) is 17.0. The topological polar surface area (TPSA) is 46.5 Å². The number of aliphatic hydroxyl groups is 1. The number of carbonyl (C=O) groups is 1. The summed E-state index contributed by atoms with van der Waals surface area (Å²) in [6, 6.07) is 0. The summed E-state index contributed by atoms with van der Waals surface area (Å²) < 4.78 is 21.5. The molecule has 4 rings (SSSR count). The third-order valence-corrected chi connectivity index (χ3v) is 9.48. The molecule has 0 aromatic carbocycles. The zero-order chi connectivity index (χ0) is 19.4. The number of allylic oxidation sites excluding steroid dienone is 1. The van der Waals surface area contributed by atoms with Gasteiger partial charge in [0, 0.05) is 11.5 Å². The number of halogens is 1. The third kappa shape index (κ3) is 2.73. The van der Waals surface area contributed by atoms with Crippen molar-refractivity contribution < 1.29 is 19.0 Å². The van der Waals surface area contributed by atoms with Gasteiger partial charge < -0.3 is 9.84 Å². The number of ether oxygens (including phenoxy) is 1. The Kier molecular flexibility index (Phi) is 4.73. The van der Waals surface area contributed by atoms with E-state index in [0.29, 0.717) is 18.3 Å². The fraction of sp³-hybridized carbons (Fsp3) is 0.870. The number of hydrogen-bond acceptors (Lipinski definition) is 3. The van der Waals surface area contributed by atoms with Gasteiger partial charge in [-0.25, -0.2) is 9.18 Å². The minimum Gasteiger partial charge on any atom is -0.466 e. The quantitative estimate of drug-likeness (QED) is 0.553. The first-order valence-electron chi connectivity index (χ1n) is 10.9. The second-order valence-corrected chi connectivity index (χ2v) is 10.3. The number of rotatable bonds is 2. The molecule has 3 nitrogen and oxygen atoms in total. The molecule has 0 aromatic rings. The van der Waals surface area contributed by atoms with Gasteiger partial charge in [0.05, 0.1) is 13.2 Å². The van der Waals surface area contributed by atoms with Crippen molar-refractivity contribution >= 4 is 5.97 Å².